The second-order valence-electron chi connectivity index (χ2n) is 5.74. The van der Waals surface area contributed by atoms with Crippen LogP contribution in [0.4, 0.5) is 0 Å². The lowest BCUT2D eigenvalue weighted by Gasteiger charge is -2.12. The Labute approximate surface area is 153 Å². The van der Waals surface area contributed by atoms with Crippen LogP contribution in [0.25, 0.3) is 5.65 Å². The summed E-state index contributed by atoms with van der Waals surface area (Å²) >= 11 is 0. The number of fused-ring (bicyclic) bond motifs is 1. The van der Waals surface area contributed by atoms with E-state index in [1.807, 2.05) is 59.1 Å². The maximum absolute atomic E-state index is 5.65. The molecule has 0 aliphatic heterocycles. The molecule has 0 saturated carbocycles. The number of rotatable bonds is 8. The third-order valence-electron chi connectivity index (χ3n) is 3.88. The molecule has 1 aromatic carbocycles. The van der Waals surface area contributed by atoms with Crippen molar-refractivity contribution in [3.63, 3.8) is 0 Å². The quantitative estimate of drug-likeness (QED) is 0.368. The van der Waals surface area contributed by atoms with Crippen LogP contribution < -0.4 is 15.4 Å². The van der Waals surface area contributed by atoms with E-state index in [1.54, 1.807) is 7.05 Å². The molecular formula is C19H24N6O. The summed E-state index contributed by atoms with van der Waals surface area (Å²) < 4.78 is 7.67. The molecule has 136 valence electrons. The van der Waals surface area contributed by atoms with Crippen molar-refractivity contribution in [2.45, 2.75) is 12.8 Å². The Bertz CT molecular complexity index is 830. The highest BCUT2D eigenvalue weighted by molar-refractivity contribution is 5.79. The Balaban J connectivity index is 1.34. The molecule has 2 N–H and O–H groups in total. The number of aryl methyl sites for hydroxylation is 1. The van der Waals surface area contributed by atoms with Gasteiger partial charge in [-0.05, 0) is 30.7 Å². The van der Waals surface area contributed by atoms with E-state index >= 15 is 0 Å². The van der Waals surface area contributed by atoms with Crippen LogP contribution in [0.2, 0.25) is 0 Å². The monoisotopic (exact) mass is 352 g/mol. The minimum atomic E-state index is 0.580. The first-order valence-corrected chi connectivity index (χ1v) is 8.78. The molecular weight excluding hydrogens is 328 g/mol. The Morgan fingerprint density at radius 3 is 2.69 bits per heavy atom. The average molecular weight is 352 g/mol. The van der Waals surface area contributed by atoms with E-state index in [4.69, 9.17) is 4.74 Å². The lowest BCUT2D eigenvalue weighted by molar-refractivity contribution is 0.322. The van der Waals surface area contributed by atoms with Crippen LogP contribution in [0.1, 0.15) is 12.2 Å². The van der Waals surface area contributed by atoms with Gasteiger partial charge >= 0.3 is 0 Å². The van der Waals surface area contributed by atoms with Crippen molar-refractivity contribution >= 4 is 11.6 Å². The fourth-order valence-electron chi connectivity index (χ4n) is 2.59. The van der Waals surface area contributed by atoms with E-state index in [9.17, 15) is 0 Å². The highest BCUT2D eigenvalue weighted by atomic mass is 16.5. The van der Waals surface area contributed by atoms with Crippen LogP contribution in [-0.4, -0.2) is 47.3 Å². The first-order valence-electron chi connectivity index (χ1n) is 8.78. The summed E-state index contributed by atoms with van der Waals surface area (Å²) in [6.07, 6.45) is 3.79. The number of aliphatic imine (C=N–C) groups is 1. The number of hydrogen-bond acceptors (Lipinski definition) is 4. The maximum Gasteiger partial charge on any atom is 0.191 e. The fraction of sp³-hybridized carbons (Fsp3) is 0.316. The molecule has 0 bridgehead atoms. The van der Waals surface area contributed by atoms with Crippen molar-refractivity contribution in [2.75, 3.05) is 26.7 Å². The Morgan fingerprint density at radius 2 is 1.85 bits per heavy atom. The van der Waals surface area contributed by atoms with Gasteiger partial charge in [-0.2, -0.15) is 0 Å². The number of guanidine groups is 1. The number of hydrogen-bond donors (Lipinski definition) is 2. The largest absolute Gasteiger partial charge is 0.492 e. The average Bonchev–Trinajstić information content (AvgIpc) is 3.11. The number of ether oxygens (including phenoxy) is 1. The normalized spacial score (nSPS) is 11.5. The van der Waals surface area contributed by atoms with E-state index in [1.165, 1.54) is 0 Å². The van der Waals surface area contributed by atoms with Gasteiger partial charge < -0.3 is 15.4 Å². The number of pyridine rings is 1. The fourth-order valence-corrected chi connectivity index (χ4v) is 2.59. The minimum Gasteiger partial charge on any atom is -0.492 e. The summed E-state index contributed by atoms with van der Waals surface area (Å²) in [5.74, 6) is 2.62. The summed E-state index contributed by atoms with van der Waals surface area (Å²) in [5, 5.41) is 15.0. The predicted octanol–water partition coefficient (Wildman–Crippen LogP) is 1.91. The van der Waals surface area contributed by atoms with Crippen molar-refractivity contribution in [1.29, 1.82) is 0 Å². The number of para-hydroxylation sites is 1. The number of aromatic nitrogens is 3. The second kappa shape index (κ2) is 9.41. The van der Waals surface area contributed by atoms with Crippen molar-refractivity contribution in [1.82, 2.24) is 25.2 Å². The number of nitrogens with zero attached hydrogens (tertiary/aromatic N) is 4. The molecule has 0 saturated heterocycles. The molecule has 7 nitrogen and oxygen atoms in total. The first-order chi connectivity index (χ1) is 12.9. The van der Waals surface area contributed by atoms with E-state index in [-0.39, 0.29) is 0 Å². The van der Waals surface area contributed by atoms with Crippen LogP contribution in [0.5, 0.6) is 5.75 Å². The highest BCUT2D eigenvalue weighted by Crippen LogP contribution is 2.07. The van der Waals surface area contributed by atoms with Gasteiger partial charge in [-0.15, -0.1) is 10.2 Å². The van der Waals surface area contributed by atoms with Gasteiger partial charge in [-0.25, -0.2) is 0 Å². The zero-order valence-corrected chi connectivity index (χ0v) is 14.9. The molecule has 26 heavy (non-hydrogen) atoms. The third-order valence-corrected chi connectivity index (χ3v) is 3.88. The molecule has 0 atom stereocenters. The summed E-state index contributed by atoms with van der Waals surface area (Å²) in [5.41, 5.74) is 0.881. The van der Waals surface area contributed by atoms with Crippen LogP contribution in [-0.2, 0) is 6.42 Å². The van der Waals surface area contributed by atoms with Crippen LogP contribution >= 0.6 is 0 Å². The molecule has 2 heterocycles. The smallest absolute Gasteiger partial charge is 0.191 e. The van der Waals surface area contributed by atoms with Gasteiger partial charge in [-0.3, -0.25) is 9.39 Å². The van der Waals surface area contributed by atoms with Crippen molar-refractivity contribution < 1.29 is 4.74 Å². The molecule has 3 rings (SSSR count). The molecule has 0 fully saturated rings. The van der Waals surface area contributed by atoms with Gasteiger partial charge in [-0.1, -0.05) is 24.3 Å². The van der Waals surface area contributed by atoms with Gasteiger partial charge in [0.25, 0.3) is 0 Å². The number of nitrogens with one attached hydrogen (secondary N) is 2. The van der Waals surface area contributed by atoms with Crippen molar-refractivity contribution in [3.05, 3.63) is 60.6 Å². The molecule has 2 aromatic heterocycles. The lowest BCUT2D eigenvalue weighted by Crippen LogP contribution is -2.39. The van der Waals surface area contributed by atoms with Gasteiger partial charge in [0.05, 0.1) is 6.54 Å². The lowest BCUT2D eigenvalue weighted by atomic mass is 10.3. The summed E-state index contributed by atoms with van der Waals surface area (Å²) in [6, 6.07) is 15.7. The highest BCUT2D eigenvalue weighted by Gasteiger charge is 2.04. The van der Waals surface area contributed by atoms with Crippen molar-refractivity contribution in [2.24, 2.45) is 4.99 Å². The molecule has 0 amide bonds. The van der Waals surface area contributed by atoms with Gasteiger partial charge in [0, 0.05) is 26.2 Å². The van der Waals surface area contributed by atoms with Gasteiger partial charge in [0.2, 0.25) is 0 Å². The molecule has 0 unspecified atom stereocenters. The van der Waals surface area contributed by atoms with Crippen LogP contribution in [0, 0.1) is 0 Å². The molecule has 0 aliphatic carbocycles. The summed E-state index contributed by atoms with van der Waals surface area (Å²) in [6.45, 7) is 2.07. The van der Waals surface area contributed by atoms with E-state index in [2.05, 4.69) is 25.8 Å². The standard InChI is InChI=1S/C19H24N6O/c1-20-19(22-13-15-26-16-8-3-2-4-9-16)21-12-7-11-18-24-23-17-10-5-6-14-25(17)18/h2-6,8-10,14H,7,11-13,15H2,1H3,(H2,20,21,22). The minimum absolute atomic E-state index is 0.580. The SMILES string of the molecule is CN=C(NCCCc1nnc2ccccn12)NCCOc1ccccc1. The summed E-state index contributed by atoms with van der Waals surface area (Å²) in [4.78, 5) is 4.22. The zero-order valence-electron chi connectivity index (χ0n) is 14.9. The summed E-state index contributed by atoms with van der Waals surface area (Å²) in [7, 11) is 1.76. The number of benzene rings is 1. The molecule has 7 heteroatoms. The molecule has 0 aliphatic rings. The first kappa shape index (κ1) is 17.7. The van der Waals surface area contributed by atoms with Gasteiger partial charge in [0.15, 0.2) is 11.6 Å². The molecule has 3 aromatic rings. The van der Waals surface area contributed by atoms with Crippen molar-refractivity contribution in [3.8, 4) is 5.75 Å². The topological polar surface area (TPSA) is 75.8 Å². The Hall–Kier alpha value is -3.09. The molecule has 0 radical (unpaired) electrons. The van der Waals surface area contributed by atoms with E-state index < -0.39 is 0 Å². The third kappa shape index (κ3) is 4.95. The Morgan fingerprint density at radius 1 is 1.04 bits per heavy atom. The predicted molar refractivity (Wildman–Crippen MR) is 103 cm³/mol. The Kier molecular flexibility index (Phi) is 6.41. The maximum atomic E-state index is 5.65. The van der Waals surface area contributed by atoms with Gasteiger partial charge in [0.1, 0.15) is 18.2 Å². The van der Waals surface area contributed by atoms with Crippen LogP contribution in [0.3, 0.4) is 0 Å². The zero-order chi connectivity index (χ0) is 18.0. The van der Waals surface area contributed by atoms with Crippen LogP contribution in [0.15, 0.2) is 59.7 Å². The van der Waals surface area contributed by atoms with E-state index in [0.29, 0.717) is 13.2 Å². The second-order valence-corrected chi connectivity index (χ2v) is 5.74. The molecule has 0 spiro atoms. The van der Waals surface area contributed by atoms with E-state index in [0.717, 1.165) is 42.6 Å².